The van der Waals surface area contributed by atoms with E-state index >= 15 is 0 Å². The topological polar surface area (TPSA) is 132 Å². The van der Waals surface area contributed by atoms with E-state index in [0.717, 1.165) is 0 Å². The molecule has 11 nitrogen and oxygen atoms in total. The number of imide groups is 1. The van der Waals surface area contributed by atoms with Crippen LogP contribution in [0.5, 0.6) is 5.75 Å². The number of hydrogen-bond donors (Lipinski definition) is 1. The van der Waals surface area contributed by atoms with Crippen LogP contribution in [0.25, 0.3) is 0 Å². The van der Waals surface area contributed by atoms with Crippen LogP contribution in [-0.4, -0.2) is 66.9 Å². The summed E-state index contributed by atoms with van der Waals surface area (Å²) in [6.07, 6.45) is 1.22. The van der Waals surface area contributed by atoms with Gasteiger partial charge in [0.25, 0.3) is 11.8 Å². The second kappa shape index (κ2) is 12.3. The average Bonchev–Trinajstić information content (AvgIpc) is 3.05. The van der Waals surface area contributed by atoms with Crippen molar-refractivity contribution in [3.63, 3.8) is 0 Å². The minimum atomic E-state index is -0.962. The largest absolute Gasteiger partial charge is 0.491 e. The molecule has 200 valence electrons. The number of anilines is 1. The summed E-state index contributed by atoms with van der Waals surface area (Å²) < 4.78 is 10.7. The van der Waals surface area contributed by atoms with Crippen molar-refractivity contribution in [1.82, 2.24) is 10.4 Å². The molecule has 2 aromatic carbocycles. The molecule has 2 heterocycles. The SMILES string of the molecule is CCOC(=O)[C@@H](CCCCN1C(=O)c2ccccc2C1=O)NOC(=O)CN1C(=O)CCOc2ccccc21. The van der Waals surface area contributed by atoms with Crippen molar-refractivity contribution in [3.8, 4) is 5.75 Å². The maximum Gasteiger partial charge on any atom is 0.344 e. The Morgan fingerprint density at radius 3 is 2.37 bits per heavy atom. The van der Waals surface area contributed by atoms with Gasteiger partial charge in [0.15, 0.2) is 0 Å². The second-order valence-electron chi connectivity index (χ2n) is 8.75. The molecule has 0 saturated heterocycles. The summed E-state index contributed by atoms with van der Waals surface area (Å²) >= 11 is 0. The number of amides is 3. The van der Waals surface area contributed by atoms with Crippen molar-refractivity contribution in [2.45, 2.75) is 38.6 Å². The number of carbonyl (C=O) groups is 5. The zero-order valence-electron chi connectivity index (χ0n) is 21.0. The van der Waals surface area contributed by atoms with E-state index in [-0.39, 0.29) is 56.9 Å². The fourth-order valence-electron chi connectivity index (χ4n) is 4.32. The first kappa shape index (κ1) is 26.8. The van der Waals surface area contributed by atoms with Crippen molar-refractivity contribution >= 4 is 35.3 Å². The Morgan fingerprint density at radius 1 is 0.974 bits per heavy atom. The molecule has 2 aromatic rings. The molecule has 4 rings (SSSR count). The van der Waals surface area contributed by atoms with Gasteiger partial charge in [-0.1, -0.05) is 24.3 Å². The maximum atomic E-state index is 12.6. The molecule has 0 saturated carbocycles. The summed E-state index contributed by atoms with van der Waals surface area (Å²) in [5.74, 6) is -1.85. The van der Waals surface area contributed by atoms with Gasteiger partial charge in [-0.3, -0.25) is 29.0 Å². The highest BCUT2D eigenvalue weighted by molar-refractivity contribution is 6.21. The molecular weight excluding hydrogens is 494 g/mol. The van der Waals surface area contributed by atoms with Crippen LogP contribution >= 0.6 is 0 Å². The molecule has 0 radical (unpaired) electrons. The number of rotatable bonds is 11. The lowest BCUT2D eigenvalue weighted by molar-refractivity contribution is -0.159. The molecule has 11 heteroatoms. The Morgan fingerprint density at radius 2 is 1.66 bits per heavy atom. The van der Waals surface area contributed by atoms with Gasteiger partial charge < -0.3 is 14.3 Å². The van der Waals surface area contributed by atoms with E-state index in [0.29, 0.717) is 35.4 Å². The summed E-state index contributed by atoms with van der Waals surface area (Å²) in [6, 6.07) is 12.6. The van der Waals surface area contributed by atoms with E-state index < -0.39 is 18.0 Å². The molecule has 0 aromatic heterocycles. The van der Waals surface area contributed by atoms with Crippen LogP contribution in [0.15, 0.2) is 48.5 Å². The van der Waals surface area contributed by atoms with E-state index in [2.05, 4.69) is 5.48 Å². The van der Waals surface area contributed by atoms with E-state index in [1.54, 1.807) is 55.5 Å². The van der Waals surface area contributed by atoms with Gasteiger partial charge in [0.1, 0.15) is 18.3 Å². The standard InChI is InChI=1S/C27H29N3O8/c1-2-36-27(35)20(11-7-8-15-29-25(33)18-9-3-4-10-19(18)26(29)34)28-38-24(32)17-30-21-12-5-6-13-22(21)37-16-14-23(30)31/h3-6,9-10,12-13,20,28H,2,7-8,11,14-17H2,1H3/t20-/m1/s1. The van der Waals surface area contributed by atoms with Crippen molar-refractivity contribution in [1.29, 1.82) is 0 Å². The Labute approximate surface area is 219 Å². The third kappa shape index (κ3) is 6.00. The number of esters is 1. The van der Waals surface area contributed by atoms with Crippen LogP contribution in [0, 0.1) is 0 Å². The lowest BCUT2D eigenvalue weighted by Gasteiger charge is -2.22. The number of nitrogens with one attached hydrogen (secondary N) is 1. The fourth-order valence-corrected chi connectivity index (χ4v) is 4.32. The molecule has 0 fully saturated rings. The quantitative estimate of drug-likeness (QED) is 0.204. The second-order valence-corrected chi connectivity index (χ2v) is 8.75. The zero-order valence-corrected chi connectivity index (χ0v) is 21.0. The van der Waals surface area contributed by atoms with Gasteiger partial charge in [-0.25, -0.2) is 4.79 Å². The number of fused-ring (bicyclic) bond motifs is 2. The Bertz CT molecular complexity index is 1200. The monoisotopic (exact) mass is 523 g/mol. The number of unbranched alkanes of at least 4 members (excludes halogenated alkanes) is 1. The Hall–Kier alpha value is -4.25. The summed E-state index contributed by atoms with van der Waals surface area (Å²) in [7, 11) is 0. The number of ether oxygens (including phenoxy) is 2. The number of para-hydroxylation sites is 2. The number of benzene rings is 2. The smallest absolute Gasteiger partial charge is 0.344 e. The van der Waals surface area contributed by atoms with E-state index in [9.17, 15) is 24.0 Å². The fraction of sp³-hybridized carbons (Fsp3) is 0.370. The Balaban J connectivity index is 1.29. The number of hydroxylamine groups is 1. The van der Waals surface area contributed by atoms with Gasteiger partial charge in [0.05, 0.1) is 36.4 Å². The first-order valence-corrected chi connectivity index (χ1v) is 12.5. The van der Waals surface area contributed by atoms with Gasteiger partial charge in [0.2, 0.25) is 5.91 Å². The van der Waals surface area contributed by atoms with Gasteiger partial charge in [-0.15, -0.1) is 5.48 Å². The van der Waals surface area contributed by atoms with Gasteiger partial charge >= 0.3 is 11.9 Å². The molecule has 38 heavy (non-hydrogen) atoms. The summed E-state index contributed by atoms with van der Waals surface area (Å²) in [5, 5.41) is 0. The first-order valence-electron chi connectivity index (χ1n) is 12.5. The van der Waals surface area contributed by atoms with Crippen LogP contribution in [0.2, 0.25) is 0 Å². The van der Waals surface area contributed by atoms with Crippen molar-refractivity contribution in [2.24, 2.45) is 0 Å². The number of hydrogen-bond acceptors (Lipinski definition) is 9. The highest BCUT2D eigenvalue weighted by atomic mass is 16.7. The van der Waals surface area contributed by atoms with Crippen LogP contribution < -0.4 is 15.1 Å². The van der Waals surface area contributed by atoms with Crippen LogP contribution in [0.1, 0.15) is 53.3 Å². The molecule has 2 aliphatic heterocycles. The van der Waals surface area contributed by atoms with Crippen molar-refractivity contribution in [2.75, 3.05) is 31.2 Å². The third-order valence-corrected chi connectivity index (χ3v) is 6.21. The van der Waals surface area contributed by atoms with E-state index in [1.807, 2.05) is 0 Å². The molecule has 1 atom stereocenters. The summed E-state index contributed by atoms with van der Waals surface area (Å²) in [5.41, 5.74) is 3.69. The molecule has 0 aliphatic carbocycles. The predicted molar refractivity (Wildman–Crippen MR) is 134 cm³/mol. The minimum absolute atomic E-state index is 0.105. The van der Waals surface area contributed by atoms with E-state index in [4.69, 9.17) is 14.3 Å². The first-order chi connectivity index (χ1) is 18.4. The molecule has 0 unspecified atom stereocenters. The zero-order chi connectivity index (χ0) is 27.1. The van der Waals surface area contributed by atoms with Crippen LogP contribution in [0.3, 0.4) is 0 Å². The molecule has 2 aliphatic rings. The van der Waals surface area contributed by atoms with Gasteiger partial charge in [-0.05, 0) is 50.5 Å². The highest BCUT2D eigenvalue weighted by Gasteiger charge is 2.34. The third-order valence-electron chi connectivity index (χ3n) is 6.21. The van der Waals surface area contributed by atoms with Gasteiger partial charge in [-0.2, -0.15) is 0 Å². The summed E-state index contributed by atoms with van der Waals surface area (Å²) in [4.78, 5) is 70.2. The van der Waals surface area contributed by atoms with Crippen LogP contribution in [0.4, 0.5) is 5.69 Å². The molecule has 0 spiro atoms. The minimum Gasteiger partial charge on any atom is -0.491 e. The van der Waals surface area contributed by atoms with Crippen molar-refractivity contribution < 1.29 is 38.3 Å². The molecule has 1 N–H and O–H groups in total. The normalized spacial score (nSPS) is 15.3. The summed E-state index contributed by atoms with van der Waals surface area (Å²) in [6.45, 7) is 1.82. The lowest BCUT2D eigenvalue weighted by Crippen LogP contribution is -2.43. The van der Waals surface area contributed by atoms with Crippen LogP contribution in [-0.2, 0) is 24.0 Å². The Kier molecular flexibility index (Phi) is 8.70. The average molecular weight is 524 g/mol. The highest BCUT2D eigenvalue weighted by Crippen LogP contribution is 2.30. The molecular formula is C27H29N3O8. The number of nitrogens with zero attached hydrogens (tertiary/aromatic N) is 2. The maximum absolute atomic E-state index is 12.6. The van der Waals surface area contributed by atoms with Crippen molar-refractivity contribution in [3.05, 3.63) is 59.7 Å². The molecule has 0 bridgehead atoms. The van der Waals surface area contributed by atoms with Gasteiger partial charge in [0, 0.05) is 6.54 Å². The predicted octanol–water partition coefficient (Wildman–Crippen LogP) is 2.25. The molecule has 3 amide bonds. The van der Waals surface area contributed by atoms with E-state index in [1.165, 1.54) is 9.80 Å². The lowest BCUT2D eigenvalue weighted by atomic mass is 10.1. The number of carbonyl (C=O) groups excluding carboxylic acids is 5.